The first-order chi connectivity index (χ1) is 18.3. The molecule has 7 unspecified atom stereocenters. The molecule has 0 aromatic heterocycles. The van der Waals surface area contributed by atoms with Gasteiger partial charge >= 0.3 is 0 Å². The summed E-state index contributed by atoms with van der Waals surface area (Å²) >= 11 is 0. The molecule has 0 aliphatic heterocycles. The van der Waals surface area contributed by atoms with E-state index < -0.39 is 0 Å². The lowest BCUT2D eigenvalue weighted by Crippen LogP contribution is -2.21. The van der Waals surface area contributed by atoms with E-state index in [0.717, 1.165) is 53.2 Å². The van der Waals surface area contributed by atoms with Gasteiger partial charge in [-0.05, 0) is 127 Å². The summed E-state index contributed by atoms with van der Waals surface area (Å²) in [4.78, 5) is 0. The molecule has 4 bridgehead atoms. The highest BCUT2D eigenvalue weighted by atomic mass is 16.5. The summed E-state index contributed by atoms with van der Waals surface area (Å²) in [5, 5.41) is 19.6. The Hall–Kier alpha value is -2.04. The van der Waals surface area contributed by atoms with Crippen LogP contribution in [-0.2, 0) is 9.47 Å². The number of phenolic OH excluding ortho intramolecular Hbond substituents is 2. The molecule has 0 saturated heterocycles. The molecular formula is C34H48O4. The molecule has 4 heteroatoms. The van der Waals surface area contributed by atoms with Gasteiger partial charge in [-0.1, -0.05) is 44.5 Å². The van der Waals surface area contributed by atoms with Crippen molar-refractivity contribution in [3.05, 3.63) is 58.7 Å². The first-order valence-corrected chi connectivity index (χ1v) is 15.0. The largest absolute Gasteiger partial charge is 0.508 e. The molecule has 4 aliphatic rings. The van der Waals surface area contributed by atoms with Crippen molar-refractivity contribution in [1.82, 2.24) is 0 Å². The minimum Gasteiger partial charge on any atom is -0.508 e. The van der Waals surface area contributed by atoms with E-state index in [4.69, 9.17) is 9.47 Å². The van der Waals surface area contributed by atoms with Gasteiger partial charge in [0.15, 0.2) is 0 Å². The number of fused-ring (bicyclic) bond motifs is 4. The molecule has 4 fully saturated rings. The Bertz CT molecular complexity index is 1080. The fourth-order valence-corrected chi connectivity index (χ4v) is 8.21. The van der Waals surface area contributed by atoms with Crippen molar-refractivity contribution >= 4 is 0 Å². The Labute approximate surface area is 229 Å². The third kappa shape index (κ3) is 5.92. The van der Waals surface area contributed by atoms with Crippen LogP contribution in [0.1, 0.15) is 98.8 Å². The average molecular weight is 521 g/mol. The normalized spacial score (nSPS) is 31.1. The van der Waals surface area contributed by atoms with Gasteiger partial charge in [-0.25, -0.2) is 0 Å². The third-order valence-electron chi connectivity index (χ3n) is 10.3. The number of rotatable bonds is 8. The molecule has 4 aliphatic carbocycles. The van der Waals surface area contributed by atoms with Gasteiger partial charge in [0.05, 0.1) is 13.2 Å². The number of benzene rings is 2. The fourth-order valence-electron chi connectivity index (χ4n) is 8.21. The Kier molecular flexibility index (Phi) is 8.69. The molecule has 0 radical (unpaired) electrons. The fraction of sp³-hybridized carbons (Fsp3) is 0.647. The highest BCUT2D eigenvalue weighted by molar-refractivity contribution is 5.40. The zero-order valence-electron chi connectivity index (χ0n) is 23.9. The van der Waals surface area contributed by atoms with Crippen molar-refractivity contribution in [3.8, 4) is 11.5 Å². The summed E-state index contributed by atoms with van der Waals surface area (Å²) in [6.45, 7) is 8.59. The first kappa shape index (κ1) is 27.5. The minimum atomic E-state index is 0.409. The zero-order valence-corrected chi connectivity index (χ0v) is 23.9. The highest BCUT2D eigenvalue weighted by Crippen LogP contribution is 2.56. The van der Waals surface area contributed by atoms with Gasteiger partial charge in [0, 0.05) is 13.7 Å². The second-order valence-corrected chi connectivity index (χ2v) is 13.0. The van der Waals surface area contributed by atoms with E-state index in [-0.39, 0.29) is 0 Å². The zero-order chi connectivity index (χ0) is 26.8. The van der Waals surface area contributed by atoms with Crippen molar-refractivity contribution in [2.75, 3.05) is 26.9 Å². The predicted molar refractivity (Wildman–Crippen MR) is 153 cm³/mol. The van der Waals surface area contributed by atoms with Crippen LogP contribution in [0.25, 0.3) is 0 Å². The van der Waals surface area contributed by atoms with Crippen LogP contribution in [0.4, 0.5) is 0 Å². The standard InChI is InChI=1S/C18H26O3.C16H22O/c1-12-7-13(3-4-18(12)19)17-10-14-8-15(17)9-16(14)11-21-6-5-20-2;1-10(2)14-9-13(5-6-16(14)17)15-8-11-3-4-12(15)7-11/h3-4,7,14-17,19H,5-6,8-11H2,1-2H3;5-6,9-12,15,17H,3-4,7-8H2,1-2H3. The van der Waals surface area contributed by atoms with E-state index in [2.05, 4.69) is 38.1 Å². The topological polar surface area (TPSA) is 58.9 Å². The first-order valence-electron chi connectivity index (χ1n) is 15.0. The number of aryl methyl sites for hydroxylation is 1. The molecule has 7 atom stereocenters. The number of hydrogen-bond acceptors (Lipinski definition) is 4. The summed E-state index contributed by atoms with van der Waals surface area (Å²) in [6, 6.07) is 12.4. The minimum absolute atomic E-state index is 0.409. The molecule has 6 rings (SSSR count). The molecule has 4 nitrogen and oxygen atoms in total. The van der Waals surface area contributed by atoms with E-state index in [0.29, 0.717) is 36.5 Å². The number of aromatic hydroxyl groups is 2. The summed E-state index contributed by atoms with van der Waals surface area (Å²) in [5.41, 5.74) is 5.00. The van der Waals surface area contributed by atoms with Crippen LogP contribution in [0.3, 0.4) is 0 Å². The summed E-state index contributed by atoms with van der Waals surface area (Å²) in [7, 11) is 1.71. The number of methoxy groups -OCH3 is 1. The number of hydrogen-bond donors (Lipinski definition) is 2. The molecule has 2 aromatic rings. The Morgan fingerprint density at radius 2 is 1.53 bits per heavy atom. The average Bonchev–Trinajstić information content (AvgIpc) is 3.70. The van der Waals surface area contributed by atoms with E-state index in [9.17, 15) is 10.2 Å². The van der Waals surface area contributed by atoms with Crippen LogP contribution < -0.4 is 0 Å². The quantitative estimate of drug-likeness (QED) is 0.347. The monoisotopic (exact) mass is 520 g/mol. The Balaban J connectivity index is 0.000000158. The smallest absolute Gasteiger partial charge is 0.119 e. The van der Waals surface area contributed by atoms with Crippen LogP contribution >= 0.6 is 0 Å². The van der Waals surface area contributed by atoms with Crippen LogP contribution in [0, 0.1) is 36.5 Å². The maximum Gasteiger partial charge on any atom is 0.119 e. The molecule has 4 saturated carbocycles. The maximum absolute atomic E-state index is 9.88. The molecule has 208 valence electrons. The summed E-state index contributed by atoms with van der Waals surface area (Å²) in [6.07, 6.45) is 9.64. The molecule has 2 aromatic carbocycles. The van der Waals surface area contributed by atoms with Gasteiger partial charge in [-0.2, -0.15) is 0 Å². The lowest BCUT2D eigenvalue weighted by atomic mass is 9.78. The SMILES string of the molecule is CC(C)c1cc(C2CC3CCC2C3)ccc1O.COCCOCC1CC2CC1CC2c1ccc(O)c(C)c1. The van der Waals surface area contributed by atoms with Gasteiger partial charge in [-0.3, -0.25) is 0 Å². The van der Waals surface area contributed by atoms with Crippen LogP contribution in [-0.4, -0.2) is 37.1 Å². The number of phenols is 2. The van der Waals surface area contributed by atoms with Crippen LogP contribution in [0.2, 0.25) is 0 Å². The van der Waals surface area contributed by atoms with Crippen molar-refractivity contribution in [2.45, 2.75) is 83.5 Å². The van der Waals surface area contributed by atoms with Crippen LogP contribution in [0.15, 0.2) is 36.4 Å². The van der Waals surface area contributed by atoms with Gasteiger partial charge in [0.1, 0.15) is 11.5 Å². The molecule has 0 spiro atoms. The van der Waals surface area contributed by atoms with E-state index in [1.165, 1.54) is 56.1 Å². The van der Waals surface area contributed by atoms with E-state index in [1.807, 2.05) is 19.1 Å². The van der Waals surface area contributed by atoms with Crippen molar-refractivity contribution in [2.24, 2.45) is 29.6 Å². The van der Waals surface area contributed by atoms with E-state index in [1.54, 1.807) is 7.11 Å². The van der Waals surface area contributed by atoms with E-state index >= 15 is 0 Å². The Morgan fingerprint density at radius 1 is 0.789 bits per heavy atom. The lowest BCUT2D eigenvalue weighted by molar-refractivity contribution is 0.0385. The lowest BCUT2D eigenvalue weighted by Gasteiger charge is -2.28. The van der Waals surface area contributed by atoms with Crippen molar-refractivity contribution < 1.29 is 19.7 Å². The Morgan fingerprint density at radius 3 is 2.13 bits per heavy atom. The number of ether oxygens (including phenoxy) is 2. The second-order valence-electron chi connectivity index (χ2n) is 13.0. The van der Waals surface area contributed by atoms with Gasteiger partial charge in [-0.15, -0.1) is 0 Å². The second kappa shape index (κ2) is 12.0. The third-order valence-corrected chi connectivity index (χ3v) is 10.3. The van der Waals surface area contributed by atoms with Crippen molar-refractivity contribution in [3.63, 3.8) is 0 Å². The van der Waals surface area contributed by atoms with Gasteiger partial charge < -0.3 is 19.7 Å². The molecular weight excluding hydrogens is 472 g/mol. The van der Waals surface area contributed by atoms with Crippen LogP contribution in [0.5, 0.6) is 11.5 Å². The predicted octanol–water partition coefficient (Wildman–Crippen LogP) is 7.91. The van der Waals surface area contributed by atoms with Gasteiger partial charge in [0.2, 0.25) is 0 Å². The summed E-state index contributed by atoms with van der Waals surface area (Å²) in [5.74, 6) is 7.00. The molecule has 2 N–H and O–H groups in total. The van der Waals surface area contributed by atoms with Crippen molar-refractivity contribution in [1.29, 1.82) is 0 Å². The van der Waals surface area contributed by atoms with Gasteiger partial charge in [0.25, 0.3) is 0 Å². The molecule has 0 heterocycles. The summed E-state index contributed by atoms with van der Waals surface area (Å²) < 4.78 is 10.7. The molecule has 0 amide bonds. The highest BCUT2D eigenvalue weighted by Gasteiger charge is 2.46. The maximum atomic E-state index is 9.88. The molecule has 38 heavy (non-hydrogen) atoms.